The lowest BCUT2D eigenvalue weighted by atomic mass is 9.90. The highest BCUT2D eigenvalue weighted by Crippen LogP contribution is 2.44. The van der Waals surface area contributed by atoms with Gasteiger partial charge in [-0.15, -0.1) is 0 Å². The van der Waals surface area contributed by atoms with Crippen molar-refractivity contribution in [3.63, 3.8) is 0 Å². The van der Waals surface area contributed by atoms with Crippen LogP contribution in [0.3, 0.4) is 0 Å². The summed E-state index contributed by atoms with van der Waals surface area (Å²) in [5.41, 5.74) is 0. The molecule has 96 valence electrons. The van der Waals surface area contributed by atoms with Crippen molar-refractivity contribution in [3.05, 3.63) is 0 Å². The van der Waals surface area contributed by atoms with Crippen LogP contribution in [0.15, 0.2) is 0 Å². The van der Waals surface area contributed by atoms with E-state index in [4.69, 9.17) is 4.43 Å². The lowest BCUT2D eigenvalue weighted by Crippen LogP contribution is -2.37. The smallest absolute Gasteiger partial charge is 0.184 e. The van der Waals surface area contributed by atoms with Crippen molar-refractivity contribution in [3.8, 4) is 0 Å². The number of hydrogen-bond acceptors (Lipinski definition) is 1. The van der Waals surface area contributed by atoms with Gasteiger partial charge in [-0.2, -0.15) is 0 Å². The Kier molecular flexibility index (Phi) is 5.05. The first-order valence-electron chi connectivity index (χ1n) is 7.10. The monoisotopic (exact) mass is 242 g/mol. The predicted octanol–water partition coefficient (Wildman–Crippen LogP) is 4.69. The van der Waals surface area contributed by atoms with E-state index in [1.807, 2.05) is 0 Å². The summed E-state index contributed by atoms with van der Waals surface area (Å²) in [4.78, 5) is 0. The van der Waals surface area contributed by atoms with Crippen LogP contribution >= 0.6 is 0 Å². The Labute approximate surface area is 103 Å². The second kappa shape index (κ2) is 5.68. The topological polar surface area (TPSA) is 9.23 Å². The fourth-order valence-corrected chi connectivity index (χ4v) is 4.53. The van der Waals surface area contributed by atoms with Crippen LogP contribution in [0.2, 0.25) is 19.6 Å². The third kappa shape index (κ3) is 3.33. The third-order valence-corrected chi connectivity index (χ3v) is 5.09. The van der Waals surface area contributed by atoms with Gasteiger partial charge in [-0.1, -0.05) is 40.0 Å². The summed E-state index contributed by atoms with van der Waals surface area (Å²) in [5, 5.41) is 0. The molecule has 0 aliphatic heterocycles. The first kappa shape index (κ1) is 14.2. The average molecular weight is 242 g/mol. The molecule has 1 nitrogen and oxygen atoms in total. The van der Waals surface area contributed by atoms with Crippen LogP contribution in [-0.4, -0.2) is 14.4 Å². The Morgan fingerprint density at radius 1 is 0.938 bits per heavy atom. The fourth-order valence-electron chi connectivity index (χ4n) is 3.34. The van der Waals surface area contributed by atoms with Gasteiger partial charge in [-0.05, 0) is 43.8 Å². The molecule has 4 atom stereocenters. The van der Waals surface area contributed by atoms with Crippen LogP contribution < -0.4 is 0 Å². The van der Waals surface area contributed by atoms with E-state index in [0.29, 0.717) is 6.10 Å². The lowest BCUT2D eigenvalue weighted by Gasteiger charge is -2.32. The second-order valence-electron chi connectivity index (χ2n) is 6.34. The van der Waals surface area contributed by atoms with E-state index in [0.717, 1.165) is 17.8 Å². The summed E-state index contributed by atoms with van der Waals surface area (Å²) >= 11 is 0. The van der Waals surface area contributed by atoms with Crippen LogP contribution in [0, 0.1) is 17.8 Å². The summed E-state index contributed by atoms with van der Waals surface area (Å²) in [6.45, 7) is 14.0. The van der Waals surface area contributed by atoms with Crippen molar-refractivity contribution in [2.45, 2.75) is 72.2 Å². The van der Waals surface area contributed by atoms with Crippen molar-refractivity contribution < 1.29 is 4.43 Å². The molecule has 0 bridgehead atoms. The van der Waals surface area contributed by atoms with Crippen LogP contribution in [0.25, 0.3) is 0 Å². The molecule has 0 N–H and O–H groups in total. The molecular weight excluding hydrogens is 212 g/mol. The highest BCUT2D eigenvalue weighted by atomic mass is 28.4. The summed E-state index contributed by atoms with van der Waals surface area (Å²) in [7, 11) is -1.38. The van der Waals surface area contributed by atoms with E-state index in [1.54, 1.807) is 0 Å². The summed E-state index contributed by atoms with van der Waals surface area (Å²) < 4.78 is 6.48. The minimum absolute atomic E-state index is 0.562. The van der Waals surface area contributed by atoms with Gasteiger partial charge >= 0.3 is 0 Å². The largest absolute Gasteiger partial charge is 0.414 e. The summed E-state index contributed by atoms with van der Waals surface area (Å²) in [6.07, 6.45) is 5.89. The molecule has 2 heteroatoms. The van der Waals surface area contributed by atoms with E-state index in [-0.39, 0.29) is 0 Å². The van der Waals surface area contributed by atoms with Crippen molar-refractivity contribution >= 4 is 8.32 Å². The molecule has 1 fully saturated rings. The van der Waals surface area contributed by atoms with Crippen molar-refractivity contribution in [1.29, 1.82) is 0 Å². The van der Waals surface area contributed by atoms with E-state index >= 15 is 0 Å². The molecule has 0 amide bonds. The molecule has 0 spiro atoms. The van der Waals surface area contributed by atoms with Crippen LogP contribution in [-0.2, 0) is 4.43 Å². The van der Waals surface area contributed by atoms with E-state index < -0.39 is 8.32 Å². The van der Waals surface area contributed by atoms with Gasteiger partial charge in [0.05, 0.1) is 6.10 Å². The second-order valence-corrected chi connectivity index (χ2v) is 10.8. The zero-order valence-electron chi connectivity index (χ0n) is 12.0. The first-order chi connectivity index (χ1) is 7.42. The lowest BCUT2D eigenvalue weighted by molar-refractivity contribution is 0.0964. The van der Waals surface area contributed by atoms with Crippen molar-refractivity contribution in [2.75, 3.05) is 0 Å². The molecule has 0 aromatic carbocycles. The molecular formula is C14H30OSi. The van der Waals surface area contributed by atoms with Gasteiger partial charge in [0.25, 0.3) is 0 Å². The van der Waals surface area contributed by atoms with Gasteiger partial charge in [-0.25, -0.2) is 0 Å². The van der Waals surface area contributed by atoms with Crippen LogP contribution in [0.4, 0.5) is 0 Å². The van der Waals surface area contributed by atoms with Gasteiger partial charge in [0.2, 0.25) is 0 Å². The maximum Gasteiger partial charge on any atom is 0.184 e. The highest BCUT2D eigenvalue weighted by Gasteiger charge is 2.42. The zero-order valence-corrected chi connectivity index (χ0v) is 13.0. The molecule has 16 heavy (non-hydrogen) atoms. The number of hydrogen-bond donors (Lipinski definition) is 0. The van der Waals surface area contributed by atoms with Gasteiger partial charge in [0, 0.05) is 0 Å². The minimum Gasteiger partial charge on any atom is -0.414 e. The maximum atomic E-state index is 6.48. The first-order valence-corrected chi connectivity index (χ1v) is 10.5. The maximum absolute atomic E-state index is 6.48. The summed E-state index contributed by atoms with van der Waals surface area (Å²) in [6, 6.07) is 0. The average Bonchev–Trinajstić information content (AvgIpc) is 2.52. The molecule has 4 unspecified atom stereocenters. The Morgan fingerprint density at radius 2 is 1.50 bits per heavy atom. The van der Waals surface area contributed by atoms with Gasteiger partial charge in [0.1, 0.15) is 0 Å². The SMILES string of the molecule is CCC1CC(CC)C(O[Si](C)(C)C)C1CC. The number of rotatable bonds is 5. The normalized spacial score (nSPS) is 35.6. The summed E-state index contributed by atoms with van der Waals surface area (Å²) in [5.74, 6) is 2.56. The molecule has 1 aliphatic carbocycles. The Bertz CT molecular complexity index is 209. The standard InChI is InChI=1S/C14H30OSi/c1-7-11-10-12(8-2)14(13(11)9-3)15-16(4,5)6/h11-14H,7-10H2,1-6H3. The van der Waals surface area contributed by atoms with E-state index in [2.05, 4.69) is 40.4 Å². The van der Waals surface area contributed by atoms with Gasteiger partial charge < -0.3 is 4.43 Å². The van der Waals surface area contributed by atoms with Crippen molar-refractivity contribution in [2.24, 2.45) is 17.8 Å². The highest BCUT2D eigenvalue weighted by molar-refractivity contribution is 6.69. The third-order valence-electron chi connectivity index (χ3n) is 4.11. The zero-order chi connectivity index (χ0) is 12.3. The Balaban J connectivity index is 2.75. The molecule has 1 saturated carbocycles. The molecule has 0 heterocycles. The van der Waals surface area contributed by atoms with Gasteiger partial charge in [0.15, 0.2) is 8.32 Å². The Hall–Kier alpha value is 0.177. The molecule has 1 aliphatic rings. The van der Waals surface area contributed by atoms with E-state index in [1.165, 1.54) is 25.7 Å². The molecule has 1 rings (SSSR count). The van der Waals surface area contributed by atoms with E-state index in [9.17, 15) is 0 Å². The van der Waals surface area contributed by atoms with Crippen molar-refractivity contribution in [1.82, 2.24) is 0 Å². The van der Waals surface area contributed by atoms with Crippen LogP contribution in [0.1, 0.15) is 46.5 Å². The quantitative estimate of drug-likeness (QED) is 0.636. The molecule has 0 aromatic heterocycles. The van der Waals surface area contributed by atoms with Crippen LogP contribution in [0.5, 0.6) is 0 Å². The molecule has 0 radical (unpaired) electrons. The minimum atomic E-state index is -1.38. The molecule has 0 saturated heterocycles. The molecule has 0 aromatic rings. The Morgan fingerprint density at radius 3 is 1.88 bits per heavy atom. The fraction of sp³-hybridized carbons (Fsp3) is 1.00. The predicted molar refractivity (Wildman–Crippen MR) is 74.2 cm³/mol. The van der Waals surface area contributed by atoms with Gasteiger partial charge in [-0.3, -0.25) is 0 Å².